The number of amides is 3. The van der Waals surface area contributed by atoms with Crippen molar-refractivity contribution in [2.75, 3.05) is 26.0 Å². The number of fused-ring (bicyclic) bond motifs is 5. The van der Waals surface area contributed by atoms with Crippen molar-refractivity contribution in [3.63, 3.8) is 0 Å². The van der Waals surface area contributed by atoms with Crippen LogP contribution >= 0.6 is 0 Å². The lowest BCUT2D eigenvalue weighted by molar-refractivity contribution is 0.0696. The molecule has 0 spiro atoms. The number of urea groups is 1. The van der Waals surface area contributed by atoms with Gasteiger partial charge in [-0.3, -0.25) is 4.79 Å². The minimum absolute atomic E-state index is 0.0764. The van der Waals surface area contributed by atoms with Gasteiger partial charge in [-0.05, 0) is 96.5 Å². The summed E-state index contributed by atoms with van der Waals surface area (Å²) in [7, 11) is 5.53. The van der Waals surface area contributed by atoms with E-state index >= 15 is 0 Å². The van der Waals surface area contributed by atoms with E-state index in [1.54, 1.807) is 12.0 Å². The number of carbonyl (C=O) groups excluding carboxylic acids is 2. The fourth-order valence-electron chi connectivity index (χ4n) is 8.47. The molecule has 0 radical (unpaired) electrons. The SMILES string of the molecule is COc1cc(C(=O)N2CC3CCC2[C@@H]3C)cc2nc(-c3cc4ccc(-c5ccc6c(c5)CN(C)C(=O)N6)cc4n3CC3CC3)n(C)c12. The first kappa shape index (κ1) is 28.4. The highest BCUT2D eigenvalue weighted by molar-refractivity contribution is 6.01. The van der Waals surface area contributed by atoms with Crippen molar-refractivity contribution in [3.05, 3.63) is 65.7 Å². The van der Waals surface area contributed by atoms with Crippen molar-refractivity contribution in [1.82, 2.24) is 23.9 Å². The number of hydrogen-bond acceptors (Lipinski definition) is 4. The molecule has 2 bridgehead atoms. The molecular formula is C38H40N6O3. The lowest BCUT2D eigenvalue weighted by Gasteiger charge is -2.27. The lowest BCUT2D eigenvalue weighted by atomic mass is 10.00. The number of piperidine rings is 1. The van der Waals surface area contributed by atoms with Crippen LogP contribution in [0.2, 0.25) is 0 Å². The smallest absolute Gasteiger partial charge is 0.321 e. The molecule has 5 aromatic rings. The summed E-state index contributed by atoms with van der Waals surface area (Å²) in [6.07, 6.45) is 4.80. The van der Waals surface area contributed by atoms with Crippen LogP contribution in [0.25, 0.3) is 44.6 Å². The van der Waals surface area contributed by atoms with E-state index in [0.29, 0.717) is 41.7 Å². The van der Waals surface area contributed by atoms with Crippen LogP contribution in [0.4, 0.5) is 10.5 Å². The Bertz CT molecular complexity index is 2120. The molecule has 3 amide bonds. The number of nitrogens with zero attached hydrogens (tertiary/aromatic N) is 5. The van der Waals surface area contributed by atoms with Crippen molar-refractivity contribution in [1.29, 1.82) is 0 Å². The second kappa shape index (κ2) is 10.4. The van der Waals surface area contributed by atoms with Crippen LogP contribution in [0.5, 0.6) is 5.75 Å². The van der Waals surface area contributed by atoms with E-state index in [2.05, 4.69) is 62.7 Å². The molecule has 3 aromatic carbocycles. The van der Waals surface area contributed by atoms with Crippen LogP contribution in [0.1, 0.15) is 48.5 Å². The van der Waals surface area contributed by atoms with E-state index in [1.807, 2.05) is 32.3 Å². The molecule has 2 saturated carbocycles. The first-order chi connectivity index (χ1) is 22.8. The number of nitrogens with one attached hydrogen (secondary N) is 1. The van der Waals surface area contributed by atoms with Gasteiger partial charge in [-0.1, -0.05) is 25.1 Å². The molecule has 240 valence electrons. The van der Waals surface area contributed by atoms with Crippen LogP contribution < -0.4 is 10.1 Å². The fraction of sp³-hybridized carbons (Fsp3) is 0.395. The quantitative estimate of drug-likeness (QED) is 0.217. The molecule has 3 fully saturated rings. The topological polar surface area (TPSA) is 84.6 Å². The second-order valence-corrected chi connectivity index (χ2v) is 14.3. The van der Waals surface area contributed by atoms with E-state index in [-0.39, 0.29) is 11.9 Å². The Balaban J connectivity index is 1.13. The summed E-state index contributed by atoms with van der Waals surface area (Å²) in [6.45, 7) is 4.66. The van der Waals surface area contributed by atoms with Gasteiger partial charge in [-0.25, -0.2) is 9.78 Å². The maximum absolute atomic E-state index is 13.8. The van der Waals surface area contributed by atoms with E-state index in [9.17, 15) is 9.59 Å². The molecule has 1 saturated heterocycles. The molecule has 9 heteroatoms. The first-order valence-electron chi connectivity index (χ1n) is 16.9. The summed E-state index contributed by atoms with van der Waals surface area (Å²) in [6, 6.07) is 19.3. The van der Waals surface area contributed by atoms with E-state index in [1.165, 1.54) is 30.2 Å². The van der Waals surface area contributed by atoms with Crippen LogP contribution in [0, 0.1) is 17.8 Å². The number of rotatable bonds is 6. The molecule has 1 N–H and O–H groups in total. The van der Waals surface area contributed by atoms with E-state index < -0.39 is 0 Å². The summed E-state index contributed by atoms with van der Waals surface area (Å²) in [4.78, 5) is 35.0. The highest BCUT2D eigenvalue weighted by atomic mass is 16.5. The van der Waals surface area contributed by atoms with Gasteiger partial charge >= 0.3 is 6.03 Å². The molecule has 2 aliphatic heterocycles. The van der Waals surface area contributed by atoms with Gasteiger partial charge in [-0.15, -0.1) is 0 Å². The Hall–Kier alpha value is -4.79. The Morgan fingerprint density at radius 2 is 1.81 bits per heavy atom. The number of benzene rings is 3. The zero-order valence-corrected chi connectivity index (χ0v) is 27.4. The molecule has 2 aromatic heterocycles. The van der Waals surface area contributed by atoms with E-state index in [0.717, 1.165) is 64.4 Å². The standard InChI is InChI=1S/C38H40N6O3/c1-21-26-10-12-31(21)44(20-26)37(45)27-14-30-35(34(17-27)47-4)42(3)36(39-30)33-16-25-8-7-24(15-32(25)43(33)18-22-5-6-22)23-9-11-29-28(13-23)19-41(2)38(46)40-29/h7-9,11,13-17,21-22,26,31H,5-6,10,12,18-20H2,1-4H3,(H,40,46)/t21-,26?,31?/m1/s1. The Morgan fingerprint density at radius 3 is 2.55 bits per heavy atom. The molecule has 3 atom stereocenters. The average molecular weight is 629 g/mol. The predicted octanol–water partition coefficient (Wildman–Crippen LogP) is 7.13. The number of imidazole rings is 1. The van der Waals surface area contributed by atoms with E-state index in [4.69, 9.17) is 9.72 Å². The number of aryl methyl sites for hydroxylation is 1. The molecule has 4 heterocycles. The van der Waals surface area contributed by atoms with Gasteiger partial charge in [-0.2, -0.15) is 0 Å². The van der Waals surface area contributed by atoms with Gasteiger partial charge in [0.15, 0.2) is 5.82 Å². The van der Waals surface area contributed by atoms with Gasteiger partial charge in [0.05, 0.1) is 18.3 Å². The Kier molecular flexibility index (Phi) is 6.27. The maximum Gasteiger partial charge on any atom is 0.321 e. The third-order valence-corrected chi connectivity index (χ3v) is 11.4. The maximum atomic E-state index is 13.8. The summed E-state index contributed by atoms with van der Waals surface area (Å²) >= 11 is 0. The van der Waals surface area contributed by atoms with Crippen molar-refractivity contribution in [3.8, 4) is 28.4 Å². The number of ether oxygens (including phenoxy) is 1. The molecule has 2 unspecified atom stereocenters. The Labute approximate surface area is 274 Å². The largest absolute Gasteiger partial charge is 0.494 e. The van der Waals surface area contributed by atoms with Crippen LogP contribution in [-0.2, 0) is 20.1 Å². The highest BCUT2D eigenvalue weighted by Gasteiger charge is 2.46. The lowest BCUT2D eigenvalue weighted by Crippen LogP contribution is -2.38. The average Bonchev–Trinajstić information content (AvgIpc) is 3.48. The predicted molar refractivity (Wildman–Crippen MR) is 184 cm³/mol. The normalized spacial score (nSPS) is 22.0. The summed E-state index contributed by atoms with van der Waals surface area (Å²) in [5.41, 5.74) is 8.82. The molecule has 47 heavy (non-hydrogen) atoms. The molecule has 4 aliphatic rings. The fourth-order valence-corrected chi connectivity index (χ4v) is 8.47. The molecule has 9 nitrogen and oxygen atoms in total. The van der Waals surface area contributed by atoms with Crippen molar-refractivity contribution < 1.29 is 14.3 Å². The molecular weight excluding hydrogens is 588 g/mol. The number of likely N-dealkylation sites (tertiary alicyclic amines) is 1. The van der Waals surface area contributed by atoms with Crippen LogP contribution in [-0.4, -0.2) is 62.6 Å². The van der Waals surface area contributed by atoms with Gasteiger partial charge in [0.1, 0.15) is 11.3 Å². The Morgan fingerprint density at radius 1 is 1.00 bits per heavy atom. The summed E-state index contributed by atoms with van der Waals surface area (Å²) in [5.74, 6) is 3.46. The molecule has 9 rings (SSSR count). The molecule has 2 aliphatic carbocycles. The zero-order chi connectivity index (χ0) is 32.1. The van der Waals surface area contributed by atoms with Crippen LogP contribution in [0.3, 0.4) is 0 Å². The minimum atomic E-state index is -0.0764. The number of aromatic nitrogens is 3. The minimum Gasteiger partial charge on any atom is -0.494 e. The summed E-state index contributed by atoms with van der Waals surface area (Å²) < 4.78 is 10.5. The zero-order valence-electron chi connectivity index (χ0n) is 27.4. The number of hydrogen-bond donors (Lipinski definition) is 1. The van der Waals surface area contributed by atoms with Gasteiger partial charge in [0.25, 0.3) is 5.91 Å². The third kappa shape index (κ3) is 4.46. The van der Waals surface area contributed by atoms with Crippen molar-refractivity contribution >= 4 is 39.6 Å². The summed E-state index contributed by atoms with van der Waals surface area (Å²) in [5, 5.41) is 4.15. The highest BCUT2D eigenvalue weighted by Crippen LogP contribution is 2.44. The van der Waals surface area contributed by atoms with Gasteiger partial charge < -0.3 is 29.0 Å². The van der Waals surface area contributed by atoms with Crippen molar-refractivity contribution in [2.24, 2.45) is 24.8 Å². The number of anilines is 1. The monoisotopic (exact) mass is 628 g/mol. The van der Waals surface area contributed by atoms with Crippen molar-refractivity contribution in [2.45, 2.75) is 51.7 Å². The first-order valence-corrected chi connectivity index (χ1v) is 16.9. The number of carbonyl (C=O) groups is 2. The number of methoxy groups -OCH3 is 1. The van der Waals surface area contributed by atoms with Crippen LogP contribution in [0.15, 0.2) is 54.6 Å². The second-order valence-electron chi connectivity index (χ2n) is 14.3. The van der Waals surface area contributed by atoms with Gasteiger partial charge in [0.2, 0.25) is 0 Å². The third-order valence-electron chi connectivity index (χ3n) is 11.4. The van der Waals surface area contributed by atoms with Gasteiger partial charge in [0, 0.05) is 61.9 Å².